The van der Waals surface area contributed by atoms with Gasteiger partial charge in [0.05, 0.1) is 11.6 Å². The van der Waals surface area contributed by atoms with Crippen molar-refractivity contribution in [2.75, 3.05) is 45.8 Å². The summed E-state index contributed by atoms with van der Waals surface area (Å²) in [6.07, 6.45) is 6.65. The fourth-order valence-corrected chi connectivity index (χ4v) is 7.05. The molecule has 1 saturated heterocycles. The molecule has 0 atom stereocenters. The summed E-state index contributed by atoms with van der Waals surface area (Å²) in [4.78, 5) is 22.5. The first-order chi connectivity index (χ1) is 19.0. The SMILES string of the molecule is Cc1cc2c(s1)CCCN(CCCCCCN1CCN(C(c3ccc(F)cc3)c3ccc(F)cc3)CC1)C2=O. The molecule has 1 aromatic heterocycles. The maximum Gasteiger partial charge on any atom is 0.254 e. The average molecular weight is 552 g/mol. The van der Waals surface area contributed by atoms with Crippen molar-refractivity contribution in [3.63, 3.8) is 0 Å². The highest BCUT2D eigenvalue weighted by Crippen LogP contribution is 2.30. The number of carbonyl (C=O) groups is 1. The summed E-state index contributed by atoms with van der Waals surface area (Å²) in [5, 5.41) is 0. The van der Waals surface area contributed by atoms with Crippen LogP contribution in [0.3, 0.4) is 0 Å². The van der Waals surface area contributed by atoms with Crippen LogP contribution in [0, 0.1) is 18.6 Å². The van der Waals surface area contributed by atoms with Crippen LogP contribution in [0.5, 0.6) is 0 Å². The Morgan fingerprint density at radius 1 is 0.795 bits per heavy atom. The minimum Gasteiger partial charge on any atom is -0.339 e. The quantitative estimate of drug-likeness (QED) is 0.263. The van der Waals surface area contributed by atoms with Gasteiger partial charge >= 0.3 is 0 Å². The smallest absolute Gasteiger partial charge is 0.254 e. The van der Waals surface area contributed by atoms with E-state index in [4.69, 9.17) is 0 Å². The van der Waals surface area contributed by atoms with E-state index < -0.39 is 0 Å². The van der Waals surface area contributed by atoms with Crippen molar-refractivity contribution in [1.82, 2.24) is 14.7 Å². The molecule has 0 radical (unpaired) electrons. The van der Waals surface area contributed by atoms with Gasteiger partial charge in [-0.05, 0) is 80.6 Å². The maximum absolute atomic E-state index is 13.6. The van der Waals surface area contributed by atoms with Gasteiger partial charge in [-0.3, -0.25) is 9.69 Å². The molecule has 4 nitrogen and oxygen atoms in total. The molecule has 0 bridgehead atoms. The lowest BCUT2D eigenvalue weighted by atomic mass is 9.96. The first-order valence-corrected chi connectivity index (χ1v) is 15.2. The van der Waals surface area contributed by atoms with Crippen molar-refractivity contribution in [3.05, 3.63) is 92.7 Å². The number of piperazine rings is 1. The Kier molecular flexibility index (Phi) is 9.43. The van der Waals surface area contributed by atoms with E-state index in [0.717, 1.165) is 88.2 Å². The standard InChI is InChI=1S/C32H39F2N3OS/c1-24-23-29-30(39-24)7-6-18-37(32(29)38)17-5-3-2-4-16-35-19-21-36(22-20-35)31(25-8-12-27(33)13-9-25)26-10-14-28(34)15-11-26/h8-15,23,31H,2-7,16-22H2,1H3. The van der Waals surface area contributed by atoms with Crippen molar-refractivity contribution in [2.45, 2.75) is 51.5 Å². The van der Waals surface area contributed by atoms with Crippen LogP contribution < -0.4 is 0 Å². The lowest BCUT2D eigenvalue weighted by Gasteiger charge is -2.40. The minimum absolute atomic E-state index is 0.0101. The largest absolute Gasteiger partial charge is 0.339 e. The van der Waals surface area contributed by atoms with Gasteiger partial charge < -0.3 is 9.80 Å². The molecule has 0 spiro atoms. The molecule has 39 heavy (non-hydrogen) atoms. The van der Waals surface area contributed by atoms with Crippen LogP contribution in [0.4, 0.5) is 8.78 Å². The summed E-state index contributed by atoms with van der Waals surface area (Å²) >= 11 is 1.78. The number of fused-ring (bicyclic) bond motifs is 1. The van der Waals surface area contributed by atoms with E-state index in [-0.39, 0.29) is 23.6 Å². The second-order valence-electron chi connectivity index (χ2n) is 10.9. The van der Waals surface area contributed by atoms with Crippen LogP contribution in [-0.4, -0.2) is 66.4 Å². The van der Waals surface area contributed by atoms with Gasteiger partial charge in [0.15, 0.2) is 0 Å². The van der Waals surface area contributed by atoms with Gasteiger partial charge in [0.2, 0.25) is 0 Å². The molecule has 1 fully saturated rings. The lowest BCUT2D eigenvalue weighted by Crippen LogP contribution is -2.48. The fraction of sp³-hybridized carbons (Fsp3) is 0.469. The first kappa shape index (κ1) is 27.9. The normalized spacial score (nSPS) is 17.0. The van der Waals surface area contributed by atoms with Gasteiger partial charge in [-0.25, -0.2) is 8.78 Å². The highest BCUT2D eigenvalue weighted by Gasteiger charge is 2.27. The Bertz CT molecular complexity index is 1170. The molecule has 0 aliphatic carbocycles. The molecule has 208 valence electrons. The monoisotopic (exact) mass is 551 g/mol. The van der Waals surface area contributed by atoms with Crippen LogP contribution in [-0.2, 0) is 6.42 Å². The summed E-state index contributed by atoms with van der Waals surface area (Å²) in [6, 6.07) is 15.5. The third-order valence-corrected chi connectivity index (χ3v) is 9.19. The van der Waals surface area contributed by atoms with Crippen molar-refractivity contribution in [2.24, 2.45) is 0 Å². The number of unbranched alkanes of at least 4 members (excludes halogenated alkanes) is 3. The molecule has 0 saturated carbocycles. The number of carbonyl (C=O) groups excluding carboxylic acids is 1. The Balaban J connectivity index is 1.05. The molecule has 1 amide bonds. The zero-order chi connectivity index (χ0) is 27.2. The van der Waals surface area contributed by atoms with Gasteiger partial charge in [0.1, 0.15) is 11.6 Å². The number of nitrogens with zero attached hydrogens (tertiary/aromatic N) is 3. The van der Waals surface area contributed by atoms with Gasteiger partial charge in [-0.1, -0.05) is 37.1 Å². The summed E-state index contributed by atoms with van der Waals surface area (Å²) in [5.41, 5.74) is 3.00. The van der Waals surface area contributed by atoms with Crippen molar-refractivity contribution in [3.8, 4) is 0 Å². The lowest BCUT2D eigenvalue weighted by molar-refractivity contribution is 0.0757. The van der Waals surface area contributed by atoms with Crippen molar-refractivity contribution in [1.29, 1.82) is 0 Å². The third kappa shape index (κ3) is 7.13. The highest BCUT2D eigenvalue weighted by atomic mass is 32.1. The zero-order valence-corrected chi connectivity index (χ0v) is 23.7. The summed E-state index contributed by atoms with van der Waals surface area (Å²) in [7, 11) is 0. The summed E-state index contributed by atoms with van der Waals surface area (Å²) in [6.45, 7) is 8.73. The molecule has 0 unspecified atom stereocenters. The third-order valence-electron chi connectivity index (χ3n) is 8.08. The number of hydrogen-bond donors (Lipinski definition) is 0. The van der Waals surface area contributed by atoms with Crippen LogP contribution in [0.25, 0.3) is 0 Å². The number of hydrogen-bond acceptors (Lipinski definition) is 4. The van der Waals surface area contributed by atoms with Gasteiger partial charge in [-0.15, -0.1) is 11.3 Å². The predicted octanol–water partition coefficient (Wildman–Crippen LogP) is 6.69. The van der Waals surface area contributed by atoms with E-state index in [0.29, 0.717) is 0 Å². The van der Waals surface area contributed by atoms with Crippen LogP contribution in [0.1, 0.15) is 69.4 Å². The number of rotatable bonds is 10. The van der Waals surface area contributed by atoms with E-state index in [1.807, 2.05) is 24.3 Å². The van der Waals surface area contributed by atoms with Gasteiger partial charge in [0, 0.05) is 49.0 Å². The fourth-order valence-electron chi connectivity index (χ4n) is 5.99. The van der Waals surface area contributed by atoms with E-state index in [9.17, 15) is 13.6 Å². The van der Waals surface area contributed by atoms with Crippen molar-refractivity contribution < 1.29 is 13.6 Å². The number of benzene rings is 2. The molecule has 2 aromatic carbocycles. The molecule has 0 N–H and O–H groups in total. The minimum atomic E-state index is -0.244. The number of aryl methyl sites for hydroxylation is 2. The molecule has 3 aromatic rings. The van der Waals surface area contributed by atoms with E-state index in [1.54, 1.807) is 11.3 Å². The van der Waals surface area contributed by atoms with E-state index in [2.05, 4.69) is 27.7 Å². The summed E-state index contributed by atoms with van der Waals surface area (Å²) in [5.74, 6) is -0.262. The van der Waals surface area contributed by atoms with Crippen LogP contribution in [0.2, 0.25) is 0 Å². The highest BCUT2D eigenvalue weighted by molar-refractivity contribution is 7.12. The Labute approximate surface area is 235 Å². The number of amides is 1. The topological polar surface area (TPSA) is 26.8 Å². The molecule has 5 rings (SSSR count). The average Bonchev–Trinajstić information content (AvgIpc) is 3.25. The van der Waals surface area contributed by atoms with Gasteiger partial charge in [0.25, 0.3) is 5.91 Å². The second-order valence-corrected chi connectivity index (χ2v) is 12.2. The molecule has 3 heterocycles. The predicted molar refractivity (Wildman–Crippen MR) is 154 cm³/mol. The van der Waals surface area contributed by atoms with E-state index in [1.165, 1.54) is 46.9 Å². The second kappa shape index (κ2) is 13.2. The van der Waals surface area contributed by atoms with Crippen molar-refractivity contribution >= 4 is 17.2 Å². The Morgan fingerprint density at radius 3 is 2.00 bits per heavy atom. The molecular weight excluding hydrogens is 512 g/mol. The van der Waals surface area contributed by atoms with Crippen LogP contribution in [0.15, 0.2) is 54.6 Å². The molecule has 2 aliphatic rings. The zero-order valence-electron chi connectivity index (χ0n) is 22.9. The summed E-state index contributed by atoms with van der Waals surface area (Å²) < 4.78 is 27.2. The first-order valence-electron chi connectivity index (χ1n) is 14.3. The molecule has 2 aliphatic heterocycles. The molecule has 7 heteroatoms. The maximum atomic E-state index is 13.6. The van der Waals surface area contributed by atoms with Gasteiger partial charge in [-0.2, -0.15) is 0 Å². The Morgan fingerprint density at radius 2 is 1.38 bits per heavy atom. The molecular formula is C32H39F2N3OS. The number of thiophene rings is 1. The number of halogens is 2. The van der Waals surface area contributed by atoms with E-state index >= 15 is 0 Å². The Hall–Kier alpha value is -2.61. The van der Waals surface area contributed by atoms with Crippen LogP contribution >= 0.6 is 11.3 Å².